The lowest BCUT2D eigenvalue weighted by Crippen LogP contribution is -2.15. The number of aromatic carboxylic acids is 1. The van der Waals surface area contributed by atoms with E-state index in [1.165, 1.54) is 24.3 Å². The average molecular weight is 360 g/mol. The summed E-state index contributed by atoms with van der Waals surface area (Å²) in [4.78, 5) is 23.0. The van der Waals surface area contributed by atoms with E-state index < -0.39 is 27.8 Å². The Labute approximate surface area is 142 Å². The van der Waals surface area contributed by atoms with Crippen molar-refractivity contribution in [1.29, 1.82) is 0 Å². The maximum absolute atomic E-state index is 12.1. The topological polar surface area (TPSA) is 111 Å². The summed E-state index contributed by atoms with van der Waals surface area (Å²) in [5, 5.41) is 9.25. The van der Waals surface area contributed by atoms with Gasteiger partial charge in [-0.1, -0.05) is 30.3 Å². The minimum absolute atomic E-state index is 0.0260. The van der Waals surface area contributed by atoms with Gasteiger partial charge in [0.2, 0.25) is 5.76 Å². The maximum Gasteiger partial charge on any atom is 0.371 e. The number of carbonyl (C=O) groups excluding carboxylic acids is 1. The molecule has 3 rings (SSSR count). The zero-order chi connectivity index (χ0) is 18.0. The molecule has 1 aromatic heterocycles. The van der Waals surface area contributed by atoms with Gasteiger partial charge in [-0.2, -0.15) is 8.42 Å². The predicted octanol–water partition coefficient (Wildman–Crippen LogP) is 2.82. The molecule has 0 radical (unpaired) electrons. The first-order valence-electron chi connectivity index (χ1n) is 7.11. The zero-order valence-electron chi connectivity index (χ0n) is 12.7. The Morgan fingerprint density at radius 1 is 1.04 bits per heavy atom. The van der Waals surface area contributed by atoms with Crippen LogP contribution in [0.3, 0.4) is 0 Å². The quantitative estimate of drug-likeness (QED) is 0.696. The number of carboxylic acids is 1. The molecular weight excluding hydrogens is 348 g/mol. The number of furan rings is 1. The molecule has 1 heterocycles. The molecule has 0 fully saturated rings. The third kappa shape index (κ3) is 3.86. The van der Waals surface area contributed by atoms with Crippen molar-refractivity contribution in [1.82, 2.24) is 0 Å². The van der Waals surface area contributed by atoms with Crippen molar-refractivity contribution in [3.63, 3.8) is 0 Å². The van der Waals surface area contributed by atoms with E-state index in [4.69, 9.17) is 9.52 Å². The highest BCUT2D eigenvalue weighted by atomic mass is 32.2. The SMILES string of the molecule is O=C(OS(=O)(=O)Cc1ccccc1)c1ccc2oc(C(=O)O)cc2c1. The molecule has 0 atom stereocenters. The van der Waals surface area contributed by atoms with Crippen molar-refractivity contribution in [2.45, 2.75) is 5.75 Å². The molecule has 0 bridgehead atoms. The molecule has 0 aliphatic rings. The number of rotatable bonds is 5. The minimum Gasteiger partial charge on any atom is -0.475 e. The Bertz CT molecular complexity index is 1050. The zero-order valence-corrected chi connectivity index (χ0v) is 13.5. The summed E-state index contributed by atoms with van der Waals surface area (Å²) in [5.74, 6) is -3.00. The van der Waals surface area contributed by atoms with Crippen molar-refractivity contribution in [2.24, 2.45) is 0 Å². The number of hydrogen-bond acceptors (Lipinski definition) is 6. The van der Waals surface area contributed by atoms with E-state index in [-0.39, 0.29) is 16.9 Å². The monoisotopic (exact) mass is 360 g/mol. The molecule has 0 aliphatic carbocycles. The van der Waals surface area contributed by atoms with Gasteiger partial charge in [-0.3, -0.25) is 0 Å². The lowest BCUT2D eigenvalue weighted by Gasteiger charge is -2.06. The van der Waals surface area contributed by atoms with Crippen molar-refractivity contribution >= 4 is 33.0 Å². The van der Waals surface area contributed by atoms with Gasteiger partial charge in [-0.05, 0) is 29.8 Å². The fourth-order valence-electron chi connectivity index (χ4n) is 2.25. The predicted molar refractivity (Wildman–Crippen MR) is 87.7 cm³/mol. The highest BCUT2D eigenvalue weighted by Gasteiger charge is 2.20. The van der Waals surface area contributed by atoms with Crippen molar-refractivity contribution < 1.29 is 31.7 Å². The standard InChI is InChI=1S/C17H12O7S/c18-16(19)15-9-13-8-12(6-7-14(13)23-15)17(20)24-25(21,22)10-11-4-2-1-3-5-11/h1-9H,10H2,(H,18,19). The number of carbonyl (C=O) groups is 2. The van der Waals surface area contributed by atoms with Gasteiger partial charge in [0.25, 0.3) is 0 Å². The summed E-state index contributed by atoms with van der Waals surface area (Å²) in [7, 11) is -4.11. The van der Waals surface area contributed by atoms with E-state index in [1.807, 2.05) is 0 Å². The van der Waals surface area contributed by atoms with Crippen molar-refractivity contribution in [3.05, 3.63) is 71.5 Å². The van der Waals surface area contributed by atoms with Gasteiger partial charge < -0.3 is 13.7 Å². The summed E-state index contributed by atoms with van der Waals surface area (Å²) in [6, 6.07) is 13.6. The van der Waals surface area contributed by atoms with Crippen LogP contribution < -0.4 is 0 Å². The molecule has 1 N–H and O–H groups in total. The first-order chi connectivity index (χ1) is 11.8. The largest absolute Gasteiger partial charge is 0.475 e. The lowest BCUT2D eigenvalue weighted by molar-refractivity contribution is 0.0663. The number of fused-ring (bicyclic) bond motifs is 1. The molecule has 7 nitrogen and oxygen atoms in total. The molecular formula is C17H12O7S. The first-order valence-corrected chi connectivity index (χ1v) is 8.69. The normalized spacial score (nSPS) is 11.4. The van der Waals surface area contributed by atoms with E-state index in [0.29, 0.717) is 10.9 Å². The van der Waals surface area contributed by atoms with E-state index in [0.717, 1.165) is 0 Å². The van der Waals surface area contributed by atoms with Crippen LogP contribution in [0.15, 0.2) is 59.0 Å². The second kappa shape index (κ2) is 6.40. The average Bonchev–Trinajstić information content (AvgIpc) is 2.98. The smallest absolute Gasteiger partial charge is 0.371 e. The molecule has 25 heavy (non-hydrogen) atoms. The Morgan fingerprint density at radius 3 is 2.44 bits per heavy atom. The van der Waals surface area contributed by atoms with Crippen LogP contribution in [0.4, 0.5) is 0 Å². The molecule has 0 saturated heterocycles. The molecule has 0 unspecified atom stereocenters. The van der Waals surface area contributed by atoms with Crippen LogP contribution in [0.25, 0.3) is 11.0 Å². The molecule has 8 heteroatoms. The number of hydrogen-bond donors (Lipinski definition) is 1. The van der Waals surface area contributed by atoms with Gasteiger partial charge in [-0.25, -0.2) is 9.59 Å². The van der Waals surface area contributed by atoms with E-state index in [9.17, 15) is 18.0 Å². The fraction of sp³-hybridized carbons (Fsp3) is 0.0588. The fourth-order valence-corrected chi connectivity index (χ4v) is 3.23. The second-order valence-corrected chi connectivity index (χ2v) is 6.80. The van der Waals surface area contributed by atoms with Crippen LogP contribution in [-0.2, 0) is 20.1 Å². The van der Waals surface area contributed by atoms with Crippen molar-refractivity contribution in [3.8, 4) is 0 Å². The Morgan fingerprint density at radius 2 is 1.76 bits per heavy atom. The van der Waals surface area contributed by atoms with Crippen LogP contribution in [-0.4, -0.2) is 25.5 Å². The summed E-state index contributed by atoms with van der Waals surface area (Å²) in [6.07, 6.45) is 0. The molecule has 2 aromatic carbocycles. The van der Waals surface area contributed by atoms with E-state index in [1.54, 1.807) is 30.3 Å². The van der Waals surface area contributed by atoms with Crippen LogP contribution in [0.5, 0.6) is 0 Å². The molecule has 0 spiro atoms. The highest BCUT2D eigenvalue weighted by molar-refractivity contribution is 7.86. The maximum atomic E-state index is 12.1. The lowest BCUT2D eigenvalue weighted by atomic mass is 10.1. The van der Waals surface area contributed by atoms with Crippen LogP contribution >= 0.6 is 0 Å². The third-order valence-electron chi connectivity index (χ3n) is 3.35. The van der Waals surface area contributed by atoms with Crippen LogP contribution in [0.1, 0.15) is 26.5 Å². The number of carboxylic acid groups (broad SMARTS) is 1. The Kier molecular flexibility index (Phi) is 4.28. The first kappa shape index (κ1) is 16.7. The van der Waals surface area contributed by atoms with Crippen LogP contribution in [0.2, 0.25) is 0 Å². The van der Waals surface area contributed by atoms with Crippen molar-refractivity contribution in [2.75, 3.05) is 0 Å². The molecule has 0 saturated carbocycles. The third-order valence-corrected chi connectivity index (χ3v) is 4.44. The molecule has 0 aliphatic heterocycles. The molecule has 3 aromatic rings. The molecule has 0 amide bonds. The van der Waals surface area contributed by atoms with Gasteiger partial charge in [0, 0.05) is 5.39 Å². The number of benzene rings is 2. The summed E-state index contributed by atoms with van der Waals surface area (Å²) in [5.41, 5.74) is 0.731. The Balaban J connectivity index is 1.80. The van der Waals surface area contributed by atoms with Gasteiger partial charge in [-0.15, -0.1) is 0 Å². The molecule has 128 valence electrons. The minimum atomic E-state index is -4.11. The highest BCUT2D eigenvalue weighted by Crippen LogP contribution is 2.22. The van der Waals surface area contributed by atoms with Gasteiger partial charge >= 0.3 is 22.1 Å². The summed E-state index contributed by atoms with van der Waals surface area (Å²) < 4.78 is 33.7. The Hall–Kier alpha value is -3.13. The second-order valence-electron chi connectivity index (χ2n) is 5.23. The van der Waals surface area contributed by atoms with Gasteiger partial charge in [0.1, 0.15) is 11.3 Å². The van der Waals surface area contributed by atoms with E-state index in [2.05, 4.69) is 4.18 Å². The van der Waals surface area contributed by atoms with E-state index >= 15 is 0 Å². The summed E-state index contributed by atoms with van der Waals surface area (Å²) in [6.45, 7) is 0. The summed E-state index contributed by atoms with van der Waals surface area (Å²) >= 11 is 0. The van der Waals surface area contributed by atoms with Crippen LogP contribution in [0, 0.1) is 0 Å². The van der Waals surface area contributed by atoms with Gasteiger partial charge in [0.05, 0.1) is 5.56 Å². The van der Waals surface area contributed by atoms with Gasteiger partial charge in [0.15, 0.2) is 0 Å².